The highest BCUT2D eigenvalue weighted by atomic mass is 32.1. The number of halogens is 2. The molecule has 0 nitrogen and oxygen atoms in total. The van der Waals surface area contributed by atoms with Crippen molar-refractivity contribution in [3.05, 3.63) is 22.6 Å². The molecule has 0 amide bonds. The first kappa shape index (κ1) is 8.69. The molecule has 0 bridgehead atoms. The van der Waals surface area contributed by atoms with Gasteiger partial charge in [0.25, 0.3) is 0 Å². The molecule has 0 fully saturated rings. The van der Waals surface area contributed by atoms with Gasteiger partial charge in [0.1, 0.15) is 5.83 Å². The van der Waals surface area contributed by atoms with E-state index in [9.17, 15) is 8.78 Å². The van der Waals surface area contributed by atoms with Crippen molar-refractivity contribution in [1.29, 1.82) is 0 Å². The molecule has 0 aromatic heterocycles. The number of hydrogen-bond donors (Lipinski definition) is 1. The maximum Gasteiger partial charge on any atom is 0.134 e. The lowest BCUT2D eigenvalue weighted by Gasteiger charge is -1.88. The van der Waals surface area contributed by atoms with E-state index in [4.69, 9.17) is 0 Å². The van der Waals surface area contributed by atoms with Crippen LogP contribution < -0.4 is 0 Å². The van der Waals surface area contributed by atoms with Gasteiger partial charge in [-0.15, -0.1) is 12.6 Å². The molecule has 0 aliphatic carbocycles. The van der Waals surface area contributed by atoms with Crippen LogP contribution in [0.4, 0.5) is 8.78 Å². The molecule has 9 heavy (non-hydrogen) atoms. The van der Waals surface area contributed by atoms with Gasteiger partial charge in [-0.3, -0.25) is 0 Å². The SMILES string of the molecule is C/C(F)=C\C(F)=C(\C)S. The lowest BCUT2D eigenvalue weighted by molar-refractivity contribution is 0.613. The van der Waals surface area contributed by atoms with Gasteiger partial charge in [-0.05, 0) is 13.8 Å². The molecule has 0 heterocycles. The summed E-state index contributed by atoms with van der Waals surface area (Å²) in [5.74, 6) is -1.18. The smallest absolute Gasteiger partial charge is 0.134 e. The fourth-order valence-corrected chi connectivity index (χ4v) is 0.344. The van der Waals surface area contributed by atoms with Crippen molar-refractivity contribution in [2.75, 3.05) is 0 Å². The molecule has 0 radical (unpaired) electrons. The minimum atomic E-state index is -0.627. The number of thiol groups is 1. The van der Waals surface area contributed by atoms with E-state index < -0.39 is 11.7 Å². The van der Waals surface area contributed by atoms with Crippen molar-refractivity contribution < 1.29 is 8.78 Å². The van der Waals surface area contributed by atoms with Crippen molar-refractivity contribution in [2.45, 2.75) is 13.8 Å². The third-order valence-electron chi connectivity index (χ3n) is 0.671. The Morgan fingerprint density at radius 3 is 1.89 bits per heavy atom. The summed E-state index contributed by atoms with van der Waals surface area (Å²) in [6, 6.07) is 0. The van der Waals surface area contributed by atoms with Gasteiger partial charge in [0.2, 0.25) is 0 Å². The van der Waals surface area contributed by atoms with Gasteiger partial charge in [0.05, 0.1) is 5.83 Å². The maximum atomic E-state index is 12.3. The summed E-state index contributed by atoms with van der Waals surface area (Å²) in [6.45, 7) is 2.63. The Hall–Kier alpha value is -0.310. The zero-order valence-corrected chi connectivity index (χ0v) is 6.17. The van der Waals surface area contributed by atoms with Crippen LogP contribution in [0.1, 0.15) is 13.8 Å². The highest BCUT2D eigenvalue weighted by Crippen LogP contribution is 2.12. The Labute approximate surface area is 58.7 Å². The van der Waals surface area contributed by atoms with Gasteiger partial charge >= 0.3 is 0 Å². The first-order chi connectivity index (χ1) is 4.04. The first-order valence-corrected chi connectivity index (χ1v) is 2.88. The standard InChI is InChI=1S/C6H8F2S/c1-4(7)3-6(8)5(2)9/h3,9H,1-2H3/b4-3+,6-5+. The topological polar surface area (TPSA) is 0 Å². The predicted octanol–water partition coefficient (Wildman–Crippen LogP) is 2.99. The summed E-state index contributed by atoms with van der Waals surface area (Å²) in [5, 5.41) is 0. The highest BCUT2D eigenvalue weighted by Gasteiger charge is 1.92. The molecule has 0 rings (SSSR count). The summed E-state index contributed by atoms with van der Waals surface area (Å²) in [4.78, 5) is 0.187. The van der Waals surface area contributed by atoms with E-state index in [1.165, 1.54) is 13.8 Å². The molecule has 0 aliphatic heterocycles. The number of hydrogen-bond acceptors (Lipinski definition) is 1. The zero-order chi connectivity index (χ0) is 7.44. The van der Waals surface area contributed by atoms with Crippen LogP contribution >= 0.6 is 12.6 Å². The second-order valence-electron chi connectivity index (χ2n) is 1.66. The van der Waals surface area contributed by atoms with Crippen LogP contribution in [0.2, 0.25) is 0 Å². The van der Waals surface area contributed by atoms with Gasteiger partial charge in [-0.25, -0.2) is 8.78 Å². The molecular formula is C6H8F2S. The van der Waals surface area contributed by atoms with Crippen LogP contribution in [0.3, 0.4) is 0 Å². The summed E-state index contributed by atoms with van der Waals surface area (Å²) in [7, 11) is 0. The van der Waals surface area contributed by atoms with E-state index in [-0.39, 0.29) is 4.91 Å². The Balaban J connectivity index is 4.25. The quantitative estimate of drug-likeness (QED) is 0.431. The molecule has 0 aliphatic rings. The largest absolute Gasteiger partial charge is 0.212 e. The fourth-order valence-electron chi connectivity index (χ4n) is 0.279. The van der Waals surface area contributed by atoms with E-state index in [1.807, 2.05) is 0 Å². The molecule has 0 aromatic rings. The van der Waals surface area contributed by atoms with Crippen LogP contribution in [0.25, 0.3) is 0 Å². The molecule has 0 spiro atoms. The highest BCUT2D eigenvalue weighted by molar-refractivity contribution is 7.84. The lowest BCUT2D eigenvalue weighted by atomic mass is 10.4. The van der Waals surface area contributed by atoms with Crippen LogP contribution in [0.5, 0.6) is 0 Å². The average Bonchev–Trinajstić information content (AvgIpc) is 1.63. The molecule has 0 N–H and O–H groups in total. The van der Waals surface area contributed by atoms with Crippen molar-refractivity contribution in [2.24, 2.45) is 0 Å². The van der Waals surface area contributed by atoms with Gasteiger partial charge in [0, 0.05) is 11.0 Å². The monoisotopic (exact) mass is 150 g/mol. The van der Waals surface area contributed by atoms with E-state index in [1.54, 1.807) is 0 Å². The van der Waals surface area contributed by atoms with Crippen LogP contribution in [0.15, 0.2) is 22.6 Å². The van der Waals surface area contributed by atoms with Crippen LogP contribution in [-0.2, 0) is 0 Å². The Kier molecular flexibility index (Phi) is 3.54. The van der Waals surface area contributed by atoms with E-state index >= 15 is 0 Å². The molecule has 0 aromatic carbocycles. The molecule has 0 atom stereocenters. The predicted molar refractivity (Wildman–Crippen MR) is 37.7 cm³/mol. The minimum Gasteiger partial charge on any atom is -0.212 e. The van der Waals surface area contributed by atoms with E-state index in [2.05, 4.69) is 12.6 Å². The third-order valence-corrected chi connectivity index (χ3v) is 0.885. The van der Waals surface area contributed by atoms with Crippen LogP contribution in [-0.4, -0.2) is 0 Å². The fraction of sp³-hybridized carbons (Fsp3) is 0.333. The number of rotatable bonds is 1. The second kappa shape index (κ2) is 3.67. The van der Waals surface area contributed by atoms with Gasteiger partial charge in [-0.1, -0.05) is 0 Å². The summed E-state index contributed by atoms with van der Waals surface area (Å²) in [6.07, 6.45) is 0.794. The van der Waals surface area contributed by atoms with Crippen molar-refractivity contribution >= 4 is 12.6 Å². The second-order valence-corrected chi connectivity index (χ2v) is 2.34. The summed E-state index contributed by atoms with van der Waals surface area (Å²) in [5.41, 5.74) is 0. The van der Waals surface area contributed by atoms with Crippen LogP contribution in [0, 0.1) is 0 Å². The normalized spacial score (nSPS) is 15.4. The van der Waals surface area contributed by atoms with Gasteiger partial charge < -0.3 is 0 Å². The van der Waals surface area contributed by atoms with Crippen molar-refractivity contribution in [3.8, 4) is 0 Å². The molecular weight excluding hydrogens is 142 g/mol. The van der Waals surface area contributed by atoms with Crippen molar-refractivity contribution in [3.63, 3.8) is 0 Å². The summed E-state index contributed by atoms with van der Waals surface area (Å²) < 4.78 is 24.1. The minimum absolute atomic E-state index is 0.187. The molecule has 52 valence electrons. The number of allylic oxidation sites excluding steroid dienone is 4. The zero-order valence-electron chi connectivity index (χ0n) is 5.28. The molecule has 0 saturated carbocycles. The Morgan fingerprint density at radius 2 is 1.78 bits per heavy atom. The lowest BCUT2D eigenvalue weighted by Crippen LogP contribution is -1.69. The first-order valence-electron chi connectivity index (χ1n) is 2.43. The average molecular weight is 150 g/mol. The molecule has 0 saturated heterocycles. The van der Waals surface area contributed by atoms with E-state index in [0.29, 0.717) is 0 Å². The third kappa shape index (κ3) is 4.21. The Bertz CT molecular complexity index is 150. The van der Waals surface area contributed by atoms with Gasteiger partial charge in [-0.2, -0.15) is 0 Å². The summed E-state index contributed by atoms with van der Waals surface area (Å²) >= 11 is 3.66. The van der Waals surface area contributed by atoms with E-state index in [0.717, 1.165) is 6.08 Å². The van der Waals surface area contributed by atoms with Crippen molar-refractivity contribution in [1.82, 2.24) is 0 Å². The molecule has 0 unspecified atom stereocenters. The van der Waals surface area contributed by atoms with Gasteiger partial charge in [0.15, 0.2) is 0 Å². The Morgan fingerprint density at radius 1 is 1.33 bits per heavy atom. The molecule has 3 heteroatoms. The maximum absolute atomic E-state index is 12.3.